The predicted octanol–water partition coefficient (Wildman–Crippen LogP) is 3.84. The zero-order chi connectivity index (χ0) is 25.1. The van der Waals surface area contributed by atoms with E-state index in [1.807, 2.05) is 6.07 Å². The van der Waals surface area contributed by atoms with Crippen LogP contribution in [-0.2, 0) is 11.5 Å². The highest BCUT2D eigenvalue weighted by molar-refractivity contribution is 5.44. The van der Waals surface area contributed by atoms with E-state index in [2.05, 4.69) is 31.8 Å². The maximum Gasteiger partial charge on any atom is 0.326 e. The Kier molecular flexibility index (Phi) is 6.24. The number of pyridine rings is 2. The third-order valence-corrected chi connectivity index (χ3v) is 5.07. The Morgan fingerprint density at radius 3 is 2.03 bits per heavy atom. The molecule has 0 amide bonds. The van der Waals surface area contributed by atoms with Gasteiger partial charge in [-0.2, -0.15) is 14.0 Å². The van der Waals surface area contributed by atoms with Crippen LogP contribution >= 0.6 is 0 Å². The van der Waals surface area contributed by atoms with Crippen LogP contribution < -0.4 is 0 Å². The fourth-order valence-corrected chi connectivity index (χ4v) is 3.29. The lowest BCUT2D eigenvalue weighted by atomic mass is 9.80. The second-order valence-electron chi connectivity index (χ2n) is 7.26. The van der Waals surface area contributed by atoms with E-state index in [-0.39, 0.29) is 11.3 Å². The number of alkyl halides is 2. The van der Waals surface area contributed by atoms with Gasteiger partial charge in [0, 0.05) is 53.1 Å². The molecule has 10 heteroatoms. The van der Waals surface area contributed by atoms with E-state index >= 15 is 8.78 Å². The number of benzene rings is 1. The van der Waals surface area contributed by atoms with Crippen LogP contribution in [0.1, 0.15) is 33.6 Å². The van der Waals surface area contributed by atoms with Crippen LogP contribution in [0.2, 0.25) is 0 Å². The molecular weight excluding hydrogens is 462 g/mol. The molecule has 0 saturated carbocycles. The fraction of sp³-hybridized carbons (Fsp3) is 0.0800. The molecule has 4 rings (SSSR count). The van der Waals surface area contributed by atoms with Crippen LogP contribution in [0, 0.1) is 34.8 Å². The monoisotopic (exact) mass is 475 g/mol. The van der Waals surface area contributed by atoms with Crippen LogP contribution in [0.5, 0.6) is 0 Å². The Morgan fingerprint density at radius 1 is 0.829 bits per heavy atom. The van der Waals surface area contributed by atoms with E-state index in [0.717, 1.165) is 43.1 Å². The number of aromatic nitrogens is 4. The summed E-state index contributed by atoms with van der Waals surface area (Å²) in [6, 6.07) is 9.02. The topological polar surface area (TPSA) is 95.6 Å². The largest absolute Gasteiger partial charge is 0.374 e. The average Bonchev–Trinajstić information content (AvgIpc) is 2.88. The highest BCUT2D eigenvalue weighted by Crippen LogP contribution is 2.49. The number of rotatable bonds is 4. The lowest BCUT2D eigenvalue weighted by Gasteiger charge is -2.36. The first-order valence-electron chi connectivity index (χ1n) is 9.91. The smallest absolute Gasteiger partial charge is 0.326 e. The summed E-state index contributed by atoms with van der Waals surface area (Å²) in [5.41, 5.74) is -4.61. The van der Waals surface area contributed by atoms with Gasteiger partial charge in [0.25, 0.3) is 0 Å². The third kappa shape index (κ3) is 4.43. The van der Waals surface area contributed by atoms with Gasteiger partial charge in [-0.25, -0.2) is 23.7 Å². The van der Waals surface area contributed by atoms with Crippen molar-refractivity contribution in [2.75, 3.05) is 0 Å². The summed E-state index contributed by atoms with van der Waals surface area (Å²) in [5, 5.41) is 20.1. The number of aliphatic hydroxyl groups is 1. The van der Waals surface area contributed by atoms with Crippen molar-refractivity contribution in [2.24, 2.45) is 0 Å². The summed E-state index contributed by atoms with van der Waals surface area (Å²) >= 11 is 0. The molecule has 172 valence electrons. The summed E-state index contributed by atoms with van der Waals surface area (Å²) < 4.78 is 59.7. The number of hydrogen-bond donors (Lipinski definition) is 1. The summed E-state index contributed by atoms with van der Waals surface area (Å²) in [6.45, 7) is 0. The quantitative estimate of drug-likeness (QED) is 0.356. The molecule has 3 aromatic heterocycles. The van der Waals surface area contributed by atoms with Gasteiger partial charge in [-0.3, -0.25) is 4.98 Å². The van der Waals surface area contributed by atoms with E-state index in [4.69, 9.17) is 5.26 Å². The molecule has 0 aliphatic heterocycles. The zero-order valence-corrected chi connectivity index (χ0v) is 17.6. The number of halogens is 4. The summed E-state index contributed by atoms with van der Waals surface area (Å²) in [5.74, 6) is -1.08. The van der Waals surface area contributed by atoms with E-state index in [1.165, 1.54) is 18.3 Å². The first-order chi connectivity index (χ1) is 16.8. The summed E-state index contributed by atoms with van der Waals surface area (Å²) in [7, 11) is 0. The van der Waals surface area contributed by atoms with Crippen molar-refractivity contribution < 1.29 is 22.7 Å². The van der Waals surface area contributed by atoms with E-state index in [0.29, 0.717) is 11.6 Å². The maximum atomic E-state index is 15.8. The van der Waals surface area contributed by atoms with Gasteiger partial charge in [0.2, 0.25) is 0 Å². The first-order valence-corrected chi connectivity index (χ1v) is 9.91. The number of hydrogen-bond acceptors (Lipinski definition) is 6. The lowest BCUT2D eigenvalue weighted by molar-refractivity contribution is -0.175. The van der Waals surface area contributed by atoms with Crippen molar-refractivity contribution >= 4 is 0 Å². The van der Waals surface area contributed by atoms with E-state index < -0.39 is 40.0 Å². The van der Waals surface area contributed by atoms with Gasteiger partial charge in [-0.1, -0.05) is 11.8 Å². The van der Waals surface area contributed by atoms with Crippen molar-refractivity contribution in [2.45, 2.75) is 11.5 Å². The second kappa shape index (κ2) is 9.29. The molecule has 4 aromatic rings. The van der Waals surface area contributed by atoms with Gasteiger partial charge in [0.05, 0.1) is 0 Å². The van der Waals surface area contributed by atoms with Gasteiger partial charge in [0.15, 0.2) is 5.60 Å². The number of nitrogens with zero attached hydrogens (tertiary/aromatic N) is 5. The molecule has 0 bridgehead atoms. The molecule has 0 spiro atoms. The second-order valence-corrected chi connectivity index (χ2v) is 7.26. The van der Waals surface area contributed by atoms with E-state index in [9.17, 15) is 13.9 Å². The van der Waals surface area contributed by atoms with Crippen molar-refractivity contribution in [3.8, 4) is 17.9 Å². The molecule has 1 unspecified atom stereocenters. The third-order valence-electron chi connectivity index (χ3n) is 5.07. The molecule has 0 saturated heterocycles. The summed E-state index contributed by atoms with van der Waals surface area (Å²) in [4.78, 5) is 14.9. The maximum absolute atomic E-state index is 15.8. The molecule has 0 radical (unpaired) electrons. The Labute approximate surface area is 196 Å². The van der Waals surface area contributed by atoms with Gasteiger partial charge in [0.1, 0.15) is 35.4 Å². The molecule has 1 atom stereocenters. The molecule has 1 N–H and O–H groups in total. The highest BCUT2D eigenvalue weighted by atomic mass is 19.3. The van der Waals surface area contributed by atoms with Crippen molar-refractivity contribution in [1.82, 2.24) is 19.9 Å². The van der Waals surface area contributed by atoms with Gasteiger partial charge >= 0.3 is 5.92 Å². The summed E-state index contributed by atoms with van der Waals surface area (Å²) in [6.07, 6.45) is 5.33. The van der Waals surface area contributed by atoms with E-state index in [1.54, 1.807) is 6.07 Å². The minimum Gasteiger partial charge on any atom is -0.374 e. The number of nitriles is 1. The van der Waals surface area contributed by atoms with Crippen LogP contribution in [-0.4, -0.2) is 25.0 Å². The lowest BCUT2D eigenvalue weighted by Crippen LogP contribution is -2.45. The van der Waals surface area contributed by atoms with Crippen molar-refractivity contribution in [3.05, 3.63) is 119 Å². The molecule has 3 heterocycles. The Balaban J connectivity index is 1.74. The molecule has 0 aliphatic carbocycles. The molecule has 0 aliphatic rings. The SMILES string of the molecule is N#Cc1ccc(C#Cc2ccc(C(F)(F)C(O)(c3cncnc3)c3ccc(F)cc3F)nc2)cn1. The van der Waals surface area contributed by atoms with Gasteiger partial charge < -0.3 is 5.11 Å². The standard InChI is InChI=1S/C25H13F4N5O/c26-19-5-7-21(22(27)9-19)24(35,18-13-31-15-32-14-18)25(28,29)23-8-4-17(12-34-23)2-1-16-3-6-20(10-30)33-11-16/h3-9,11-15,35H. The minimum atomic E-state index is -4.20. The Hall–Kier alpha value is -4.67. The normalized spacial score (nSPS) is 12.7. The Morgan fingerprint density at radius 2 is 1.49 bits per heavy atom. The predicted molar refractivity (Wildman–Crippen MR) is 114 cm³/mol. The molecule has 35 heavy (non-hydrogen) atoms. The molecule has 1 aromatic carbocycles. The fourth-order valence-electron chi connectivity index (χ4n) is 3.29. The highest BCUT2D eigenvalue weighted by Gasteiger charge is 2.58. The zero-order valence-electron chi connectivity index (χ0n) is 17.6. The average molecular weight is 475 g/mol. The first kappa shape index (κ1) is 23.5. The van der Waals surface area contributed by atoms with Crippen molar-refractivity contribution in [1.29, 1.82) is 5.26 Å². The molecule has 6 nitrogen and oxygen atoms in total. The van der Waals surface area contributed by atoms with Crippen LogP contribution in [0.15, 0.2) is 73.6 Å². The van der Waals surface area contributed by atoms with Crippen LogP contribution in [0.3, 0.4) is 0 Å². The van der Waals surface area contributed by atoms with Gasteiger partial charge in [-0.15, -0.1) is 0 Å². The van der Waals surface area contributed by atoms with Crippen molar-refractivity contribution in [3.63, 3.8) is 0 Å². The minimum absolute atomic E-state index is 0.220. The molecular formula is C25H13F4N5O. The van der Waals surface area contributed by atoms with Crippen LogP contribution in [0.25, 0.3) is 0 Å². The van der Waals surface area contributed by atoms with Gasteiger partial charge in [-0.05, 0) is 36.4 Å². The molecule has 0 fully saturated rings. The van der Waals surface area contributed by atoms with Crippen LogP contribution in [0.4, 0.5) is 17.6 Å². The Bertz CT molecular complexity index is 1460.